The van der Waals surface area contributed by atoms with E-state index in [-0.39, 0.29) is 16.9 Å². The van der Waals surface area contributed by atoms with Gasteiger partial charge in [0, 0.05) is 11.6 Å². The first-order valence-corrected chi connectivity index (χ1v) is 8.69. The number of ether oxygens (including phenoxy) is 1. The van der Waals surface area contributed by atoms with Crippen molar-refractivity contribution in [3.63, 3.8) is 0 Å². The molecule has 2 rings (SSSR count). The largest absolute Gasteiger partial charge is 0.486 e. The van der Waals surface area contributed by atoms with Crippen LogP contribution in [0.5, 0.6) is 5.75 Å². The lowest BCUT2D eigenvalue weighted by atomic mass is 9.99. The van der Waals surface area contributed by atoms with E-state index < -0.39 is 21.7 Å². The van der Waals surface area contributed by atoms with Gasteiger partial charge in [0.2, 0.25) is 0 Å². The Kier molecular flexibility index (Phi) is 5.13. The Bertz CT molecular complexity index is 737. The average Bonchev–Trinajstić information content (AvgIpc) is 2.80. The smallest absolute Gasteiger partial charge is 0.319 e. The Morgan fingerprint density at radius 1 is 1.44 bits per heavy atom. The van der Waals surface area contributed by atoms with Crippen molar-refractivity contribution in [2.75, 3.05) is 6.61 Å². The molecule has 0 aliphatic carbocycles. The van der Waals surface area contributed by atoms with Gasteiger partial charge in [0.1, 0.15) is 5.25 Å². The highest BCUT2D eigenvalue weighted by Crippen LogP contribution is 2.39. The molecule has 1 heterocycles. The van der Waals surface area contributed by atoms with Crippen molar-refractivity contribution in [1.82, 2.24) is 0 Å². The van der Waals surface area contributed by atoms with Gasteiger partial charge in [0.25, 0.3) is 0 Å². The lowest BCUT2D eigenvalue weighted by molar-refractivity contribution is -0.386. The lowest BCUT2D eigenvalue weighted by Crippen LogP contribution is -2.34. The summed E-state index contributed by atoms with van der Waals surface area (Å²) in [5.41, 5.74) is -0.531. The third kappa shape index (κ3) is 4.50. The number of benzene rings is 1. The first kappa shape index (κ1) is 19.2. The highest BCUT2D eigenvalue weighted by Gasteiger charge is 2.42. The topological polar surface area (TPSA) is 102 Å². The van der Waals surface area contributed by atoms with E-state index in [0.29, 0.717) is 17.2 Å². The average molecular weight is 366 g/mol. The molecule has 0 spiro atoms. The van der Waals surface area contributed by atoms with Crippen LogP contribution in [0.25, 0.3) is 0 Å². The summed E-state index contributed by atoms with van der Waals surface area (Å²) >= 11 is 1.11. The molecule has 0 aromatic heterocycles. The van der Waals surface area contributed by atoms with Crippen LogP contribution in [0.2, 0.25) is 0 Å². The number of carboxylic acids is 1. The number of nitrogens with zero attached hydrogens (tertiary/aromatic N) is 2. The van der Waals surface area contributed by atoms with Crippen LogP contribution in [0.3, 0.4) is 0 Å². The van der Waals surface area contributed by atoms with Crippen LogP contribution in [0.15, 0.2) is 23.2 Å². The molecule has 1 aromatic rings. The van der Waals surface area contributed by atoms with E-state index in [2.05, 4.69) is 4.99 Å². The molecule has 1 aliphatic rings. The maximum atomic E-state index is 11.4. The Hall–Kier alpha value is -2.09. The summed E-state index contributed by atoms with van der Waals surface area (Å²) in [5, 5.41) is 20.5. The zero-order chi connectivity index (χ0) is 19.0. The number of thioether (sulfide) groups is 1. The monoisotopic (exact) mass is 366 g/mol. The summed E-state index contributed by atoms with van der Waals surface area (Å²) in [7, 11) is 0. The Balaban J connectivity index is 2.34. The molecular formula is C17H22N2O5S. The molecule has 136 valence electrons. The van der Waals surface area contributed by atoms with Gasteiger partial charge in [0.15, 0.2) is 5.75 Å². The number of rotatable bonds is 5. The zero-order valence-electron chi connectivity index (χ0n) is 14.9. The van der Waals surface area contributed by atoms with Crippen LogP contribution in [0.4, 0.5) is 5.69 Å². The molecule has 0 fully saturated rings. The number of carboxylic acid groups (broad SMARTS) is 1. The van der Waals surface area contributed by atoms with Crippen molar-refractivity contribution >= 4 is 28.5 Å². The number of nitro groups is 1. The summed E-state index contributed by atoms with van der Waals surface area (Å²) in [5.74, 6) is -0.755. The second-order valence-electron chi connectivity index (χ2n) is 7.70. The SMILES string of the molecule is CC(C)(C)COc1ccc(C2=NC(C)(C)C(C(=O)O)S2)cc1[N+](=O)[O-]. The second kappa shape index (κ2) is 6.67. The van der Waals surface area contributed by atoms with E-state index in [1.165, 1.54) is 6.07 Å². The Labute approximate surface area is 150 Å². The van der Waals surface area contributed by atoms with E-state index in [1.54, 1.807) is 26.0 Å². The summed E-state index contributed by atoms with van der Waals surface area (Å²) in [6.07, 6.45) is 0. The normalized spacial score (nSPS) is 19.4. The molecule has 1 aromatic carbocycles. The third-order valence-electron chi connectivity index (χ3n) is 3.55. The van der Waals surface area contributed by atoms with Gasteiger partial charge in [0.05, 0.1) is 22.1 Å². The molecule has 1 atom stereocenters. The minimum Gasteiger partial charge on any atom is -0.486 e. The predicted octanol–water partition coefficient (Wildman–Crippen LogP) is 3.74. The molecule has 1 aliphatic heterocycles. The van der Waals surface area contributed by atoms with Gasteiger partial charge < -0.3 is 9.84 Å². The fourth-order valence-electron chi connectivity index (χ4n) is 2.30. The molecule has 0 saturated heterocycles. The number of hydrogen-bond donors (Lipinski definition) is 1. The quantitative estimate of drug-likeness (QED) is 0.629. The molecule has 0 saturated carbocycles. The van der Waals surface area contributed by atoms with Gasteiger partial charge in [-0.25, -0.2) is 0 Å². The molecule has 0 amide bonds. The third-order valence-corrected chi connectivity index (χ3v) is 5.11. The van der Waals surface area contributed by atoms with Crippen LogP contribution in [0.1, 0.15) is 40.2 Å². The van der Waals surface area contributed by atoms with E-state index in [0.717, 1.165) is 11.8 Å². The van der Waals surface area contributed by atoms with E-state index >= 15 is 0 Å². The van der Waals surface area contributed by atoms with Crippen LogP contribution in [0, 0.1) is 15.5 Å². The van der Waals surface area contributed by atoms with Crippen LogP contribution in [-0.2, 0) is 4.79 Å². The van der Waals surface area contributed by atoms with Gasteiger partial charge in [-0.05, 0) is 31.4 Å². The van der Waals surface area contributed by atoms with Crippen molar-refractivity contribution < 1.29 is 19.6 Å². The summed E-state index contributed by atoms with van der Waals surface area (Å²) in [6.45, 7) is 9.75. The van der Waals surface area contributed by atoms with Crippen molar-refractivity contribution in [2.24, 2.45) is 10.4 Å². The molecule has 7 nitrogen and oxygen atoms in total. The fourth-order valence-corrected chi connectivity index (χ4v) is 3.51. The molecule has 0 bridgehead atoms. The molecule has 1 unspecified atom stereocenters. The molecule has 1 N–H and O–H groups in total. The Morgan fingerprint density at radius 3 is 2.56 bits per heavy atom. The first-order chi connectivity index (χ1) is 11.4. The highest BCUT2D eigenvalue weighted by molar-refractivity contribution is 8.15. The summed E-state index contributed by atoms with van der Waals surface area (Å²) in [6, 6.07) is 4.62. The molecular weight excluding hydrogens is 344 g/mol. The minimum absolute atomic E-state index is 0.128. The maximum Gasteiger partial charge on any atom is 0.319 e. The number of aliphatic carboxylic acids is 1. The molecule has 25 heavy (non-hydrogen) atoms. The number of carbonyl (C=O) groups is 1. The van der Waals surface area contributed by atoms with Crippen molar-refractivity contribution in [1.29, 1.82) is 0 Å². The molecule has 0 radical (unpaired) electrons. The van der Waals surface area contributed by atoms with E-state index in [4.69, 9.17) is 4.74 Å². The van der Waals surface area contributed by atoms with Gasteiger partial charge in [-0.1, -0.05) is 32.5 Å². The van der Waals surface area contributed by atoms with Crippen molar-refractivity contribution in [3.8, 4) is 5.75 Å². The van der Waals surface area contributed by atoms with Crippen molar-refractivity contribution in [3.05, 3.63) is 33.9 Å². The van der Waals surface area contributed by atoms with E-state index in [9.17, 15) is 20.0 Å². The number of aliphatic imine (C=N–C) groups is 1. The van der Waals surface area contributed by atoms with Gasteiger partial charge in [-0.3, -0.25) is 19.9 Å². The highest BCUT2D eigenvalue weighted by atomic mass is 32.2. The first-order valence-electron chi connectivity index (χ1n) is 7.82. The van der Waals surface area contributed by atoms with Crippen LogP contribution < -0.4 is 4.74 Å². The number of hydrogen-bond acceptors (Lipinski definition) is 6. The van der Waals surface area contributed by atoms with Crippen LogP contribution in [-0.4, -0.2) is 38.4 Å². The Morgan fingerprint density at radius 2 is 2.08 bits per heavy atom. The van der Waals surface area contributed by atoms with Crippen LogP contribution >= 0.6 is 11.8 Å². The summed E-state index contributed by atoms with van der Waals surface area (Å²) < 4.78 is 5.60. The summed E-state index contributed by atoms with van der Waals surface area (Å²) in [4.78, 5) is 26.7. The van der Waals surface area contributed by atoms with Gasteiger partial charge in [-0.2, -0.15) is 0 Å². The standard InChI is InChI=1S/C17H22N2O5S/c1-16(2,3)9-24-12-7-6-10(8-11(12)19(22)23)14-18-17(4,5)13(25-14)15(20)21/h6-8,13H,9H2,1-5H3,(H,20,21). The van der Waals surface area contributed by atoms with E-state index in [1.807, 2.05) is 20.8 Å². The number of nitro benzene ring substituents is 1. The fraction of sp³-hybridized carbons (Fsp3) is 0.529. The lowest BCUT2D eigenvalue weighted by Gasteiger charge is -2.18. The molecule has 8 heteroatoms. The predicted molar refractivity (Wildman–Crippen MR) is 97.7 cm³/mol. The minimum atomic E-state index is -0.951. The second-order valence-corrected chi connectivity index (χ2v) is 8.79. The van der Waals surface area contributed by atoms with Gasteiger partial charge >= 0.3 is 11.7 Å². The zero-order valence-corrected chi connectivity index (χ0v) is 15.7. The van der Waals surface area contributed by atoms with Gasteiger partial charge in [-0.15, -0.1) is 0 Å². The van der Waals surface area contributed by atoms with Crippen molar-refractivity contribution in [2.45, 2.75) is 45.4 Å². The maximum absolute atomic E-state index is 11.4.